The van der Waals surface area contributed by atoms with Crippen molar-refractivity contribution in [3.63, 3.8) is 0 Å². The second-order valence-electron chi connectivity index (χ2n) is 7.17. The number of aromatic nitrogens is 2. The molecule has 4 rings (SSSR count). The van der Waals surface area contributed by atoms with Crippen LogP contribution in [0.5, 0.6) is 0 Å². The Balaban J connectivity index is 1.60. The van der Waals surface area contributed by atoms with Gasteiger partial charge in [0.15, 0.2) is 0 Å². The Labute approximate surface area is 169 Å². The number of anilines is 1. The van der Waals surface area contributed by atoms with Gasteiger partial charge in [-0.2, -0.15) is 4.37 Å². The minimum absolute atomic E-state index is 0.164. The Morgan fingerprint density at radius 3 is 2.71 bits per heavy atom. The van der Waals surface area contributed by atoms with Gasteiger partial charge < -0.3 is 5.32 Å². The first kappa shape index (κ1) is 19.3. The molecule has 1 aromatic carbocycles. The molecule has 3 heterocycles. The lowest BCUT2D eigenvalue weighted by atomic mass is 10.0. The zero-order valence-corrected chi connectivity index (χ0v) is 17.7. The van der Waals surface area contributed by atoms with Crippen LogP contribution >= 0.6 is 11.5 Å². The lowest BCUT2D eigenvalue weighted by molar-refractivity contribution is 0.330. The van der Waals surface area contributed by atoms with Gasteiger partial charge in [-0.15, -0.1) is 0 Å². The molecule has 1 aliphatic heterocycles. The van der Waals surface area contributed by atoms with Crippen LogP contribution < -0.4 is 5.32 Å². The molecular formula is C20H24N4O2S2. The molecule has 2 aromatic heterocycles. The van der Waals surface area contributed by atoms with Gasteiger partial charge in [-0.3, -0.25) is 4.98 Å². The van der Waals surface area contributed by atoms with Gasteiger partial charge >= 0.3 is 0 Å². The smallest absolute Gasteiger partial charge is 0.213 e. The van der Waals surface area contributed by atoms with Crippen molar-refractivity contribution in [1.82, 2.24) is 13.7 Å². The number of sulfonamides is 1. The van der Waals surface area contributed by atoms with E-state index in [9.17, 15) is 8.42 Å². The Hall–Kier alpha value is -2.03. The average Bonchev–Trinajstić information content (AvgIpc) is 3.15. The number of piperidine rings is 1. The molecule has 1 aliphatic rings. The van der Waals surface area contributed by atoms with Crippen molar-refractivity contribution in [3.8, 4) is 10.4 Å². The van der Waals surface area contributed by atoms with Crippen LogP contribution in [0.4, 0.5) is 5.69 Å². The van der Waals surface area contributed by atoms with E-state index in [2.05, 4.69) is 32.9 Å². The van der Waals surface area contributed by atoms with Crippen LogP contribution in [0.15, 0.2) is 36.7 Å². The predicted molar refractivity (Wildman–Crippen MR) is 115 cm³/mol. The number of fused-ring (bicyclic) bond motifs is 1. The topological polar surface area (TPSA) is 75.2 Å². The summed E-state index contributed by atoms with van der Waals surface area (Å²) in [5.74, 6) is 0.164. The Kier molecular flexibility index (Phi) is 5.35. The molecular weight excluding hydrogens is 392 g/mol. The van der Waals surface area contributed by atoms with Crippen LogP contribution in [0.3, 0.4) is 0 Å². The second kappa shape index (κ2) is 7.77. The van der Waals surface area contributed by atoms with Gasteiger partial charge in [0.25, 0.3) is 0 Å². The predicted octanol–water partition coefficient (Wildman–Crippen LogP) is 3.89. The highest BCUT2D eigenvalue weighted by molar-refractivity contribution is 7.89. The maximum Gasteiger partial charge on any atom is 0.213 e. The summed E-state index contributed by atoms with van der Waals surface area (Å²) in [6, 6.07) is 8.70. The van der Waals surface area contributed by atoms with E-state index in [1.54, 1.807) is 11.2 Å². The number of rotatable bonds is 5. The Morgan fingerprint density at radius 2 is 2.04 bits per heavy atom. The Bertz CT molecular complexity index is 1090. The summed E-state index contributed by atoms with van der Waals surface area (Å²) in [6.45, 7) is 4.84. The first-order chi connectivity index (χ1) is 13.5. The molecule has 8 heteroatoms. The molecule has 6 nitrogen and oxygen atoms in total. The summed E-state index contributed by atoms with van der Waals surface area (Å²) in [5.41, 5.74) is 3.20. The minimum atomic E-state index is -3.10. The molecule has 0 saturated carbocycles. The van der Waals surface area contributed by atoms with Crippen LogP contribution in [0, 0.1) is 6.92 Å². The van der Waals surface area contributed by atoms with E-state index in [1.807, 2.05) is 25.4 Å². The zero-order chi connectivity index (χ0) is 19.7. The fourth-order valence-electron chi connectivity index (χ4n) is 3.64. The summed E-state index contributed by atoms with van der Waals surface area (Å²) in [4.78, 5) is 5.43. The quantitative estimate of drug-likeness (QED) is 0.683. The third-order valence-electron chi connectivity index (χ3n) is 5.24. The van der Waals surface area contributed by atoms with E-state index in [0.29, 0.717) is 13.1 Å². The molecule has 1 N–H and O–H groups in total. The number of nitrogens with zero attached hydrogens (tertiary/aromatic N) is 3. The number of nitrogens with one attached hydrogen (secondary N) is 1. The molecule has 148 valence electrons. The average molecular weight is 417 g/mol. The van der Waals surface area contributed by atoms with E-state index in [-0.39, 0.29) is 11.8 Å². The number of benzene rings is 1. The third-order valence-corrected chi connectivity index (χ3v) is 8.05. The molecule has 0 spiro atoms. The second-order valence-corrected chi connectivity index (χ2v) is 10.2. The highest BCUT2D eigenvalue weighted by atomic mass is 32.2. The maximum absolute atomic E-state index is 12.1. The van der Waals surface area contributed by atoms with E-state index in [4.69, 9.17) is 0 Å². The number of pyridine rings is 1. The lowest BCUT2D eigenvalue weighted by Gasteiger charge is -2.32. The molecule has 3 aromatic rings. The maximum atomic E-state index is 12.1. The molecule has 1 saturated heterocycles. The van der Waals surface area contributed by atoms with Crippen molar-refractivity contribution in [2.24, 2.45) is 0 Å². The van der Waals surface area contributed by atoms with Gasteiger partial charge in [0.1, 0.15) is 0 Å². The number of aryl methyl sites for hydroxylation is 1. The molecule has 0 bridgehead atoms. The first-order valence-electron chi connectivity index (χ1n) is 9.52. The highest BCUT2D eigenvalue weighted by Crippen LogP contribution is 2.34. The summed E-state index contributed by atoms with van der Waals surface area (Å²) in [6.07, 6.45) is 5.29. The standard InChI is InChI=1S/C20H24N4O2S2/c1-3-28(25,26)24-8-5-17(6-9-24)22-19-12-16(20-10-14(2)23-27-20)11-15-4-7-21-13-18(15)19/h4,7,10-13,17,22H,3,5-6,8-9H2,1-2H3. The number of hydrogen-bond acceptors (Lipinski definition) is 6. The van der Waals surface area contributed by atoms with Gasteiger partial charge in [-0.05, 0) is 73.4 Å². The van der Waals surface area contributed by atoms with Crippen molar-refractivity contribution < 1.29 is 8.42 Å². The van der Waals surface area contributed by atoms with Crippen LogP contribution in [0.25, 0.3) is 21.2 Å². The van der Waals surface area contributed by atoms with Gasteiger partial charge in [0.2, 0.25) is 10.0 Å². The van der Waals surface area contributed by atoms with Crippen LogP contribution in [0.1, 0.15) is 25.5 Å². The van der Waals surface area contributed by atoms with Crippen LogP contribution in [0.2, 0.25) is 0 Å². The largest absolute Gasteiger partial charge is 0.382 e. The summed E-state index contributed by atoms with van der Waals surface area (Å²) < 4.78 is 30.2. The number of hydrogen-bond donors (Lipinski definition) is 1. The van der Waals surface area contributed by atoms with Crippen molar-refractivity contribution in [2.45, 2.75) is 32.7 Å². The normalized spacial score (nSPS) is 16.5. The SMILES string of the molecule is CCS(=O)(=O)N1CCC(Nc2cc(-c3cc(C)ns3)cc3ccncc23)CC1. The van der Waals surface area contributed by atoms with Crippen LogP contribution in [-0.2, 0) is 10.0 Å². The molecule has 1 fully saturated rings. The summed E-state index contributed by atoms with van der Waals surface area (Å²) in [5, 5.41) is 5.86. The molecule has 0 unspecified atom stereocenters. The molecule has 0 amide bonds. The van der Waals surface area contributed by atoms with Crippen molar-refractivity contribution in [1.29, 1.82) is 0 Å². The van der Waals surface area contributed by atoms with Gasteiger partial charge in [0, 0.05) is 42.6 Å². The molecule has 0 aliphatic carbocycles. The monoisotopic (exact) mass is 416 g/mol. The molecule has 0 atom stereocenters. The van der Waals surface area contributed by atoms with Crippen molar-refractivity contribution in [3.05, 3.63) is 42.4 Å². The zero-order valence-electron chi connectivity index (χ0n) is 16.1. The van der Waals surface area contributed by atoms with E-state index in [1.165, 1.54) is 11.5 Å². The highest BCUT2D eigenvalue weighted by Gasteiger charge is 2.27. The van der Waals surface area contributed by atoms with E-state index in [0.717, 1.165) is 45.4 Å². The van der Waals surface area contributed by atoms with Crippen LogP contribution in [-0.4, -0.2) is 47.0 Å². The third kappa shape index (κ3) is 3.90. The first-order valence-corrected chi connectivity index (χ1v) is 11.9. The summed E-state index contributed by atoms with van der Waals surface area (Å²) >= 11 is 1.50. The van der Waals surface area contributed by atoms with E-state index < -0.39 is 10.0 Å². The van der Waals surface area contributed by atoms with Gasteiger partial charge in [0.05, 0.1) is 16.3 Å². The fraction of sp³-hybridized carbons (Fsp3) is 0.400. The minimum Gasteiger partial charge on any atom is -0.382 e. The Morgan fingerprint density at radius 1 is 1.25 bits per heavy atom. The summed E-state index contributed by atoms with van der Waals surface area (Å²) in [7, 11) is -3.10. The van der Waals surface area contributed by atoms with E-state index >= 15 is 0 Å². The van der Waals surface area contributed by atoms with Gasteiger partial charge in [-0.25, -0.2) is 12.7 Å². The van der Waals surface area contributed by atoms with Crippen molar-refractivity contribution >= 4 is 38.0 Å². The van der Waals surface area contributed by atoms with Crippen molar-refractivity contribution in [2.75, 3.05) is 24.2 Å². The molecule has 0 radical (unpaired) electrons. The fourth-order valence-corrected chi connectivity index (χ4v) is 5.51. The van der Waals surface area contributed by atoms with Gasteiger partial charge in [-0.1, -0.05) is 0 Å². The lowest BCUT2D eigenvalue weighted by Crippen LogP contribution is -2.42. The molecule has 28 heavy (non-hydrogen) atoms.